The molecule has 0 unspecified atom stereocenters. The number of benzene rings is 1. The highest BCUT2D eigenvalue weighted by Gasteiger charge is 2.28. The molecule has 24 heavy (non-hydrogen) atoms. The van der Waals surface area contributed by atoms with Gasteiger partial charge < -0.3 is 20.1 Å². The number of amides is 2. The van der Waals surface area contributed by atoms with E-state index in [1.807, 2.05) is 51.1 Å². The van der Waals surface area contributed by atoms with Gasteiger partial charge in [-0.15, -0.1) is 0 Å². The summed E-state index contributed by atoms with van der Waals surface area (Å²) in [6.07, 6.45) is 1.45. The van der Waals surface area contributed by atoms with Crippen molar-refractivity contribution in [3.05, 3.63) is 35.9 Å². The van der Waals surface area contributed by atoms with Gasteiger partial charge in [-0.2, -0.15) is 0 Å². The topological polar surface area (TPSA) is 76.7 Å². The fraction of sp³-hybridized carbons (Fsp3) is 0.556. The molecule has 0 bridgehead atoms. The summed E-state index contributed by atoms with van der Waals surface area (Å²) in [5.74, 6) is 0. The molecule has 1 aliphatic rings. The van der Waals surface area contributed by atoms with Gasteiger partial charge in [-0.3, -0.25) is 0 Å². The van der Waals surface area contributed by atoms with E-state index in [0.29, 0.717) is 6.42 Å². The van der Waals surface area contributed by atoms with Gasteiger partial charge in [0, 0.05) is 12.1 Å². The van der Waals surface area contributed by atoms with E-state index in [1.54, 1.807) is 0 Å². The van der Waals surface area contributed by atoms with E-state index in [9.17, 15) is 9.59 Å². The smallest absolute Gasteiger partial charge is 0.407 e. The second-order valence-corrected chi connectivity index (χ2v) is 7.06. The number of ether oxygens (including phenoxy) is 2. The van der Waals surface area contributed by atoms with Crippen LogP contribution >= 0.6 is 0 Å². The van der Waals surface area contributed by atoms with E-state index < -0.39 is 17.8 Å². The lowest BCUT2D eigenvalue weighted by Gasteiger charge is -2.21. The molecule has 1 aromatic rings. The zero-order valence-electron chi connectivity index (χ0n) is 14.5. The Morgan fingerprint density at radius 1 is 1.04 bits per heavy atom. The molecule has 2 atom stereocenters. The van der Waals surface area contributed by atoms with Crippen LogP contribution in [-0.4, -0.2) is 29.9 Å². The molecule has 1 fully saturated rings. The van der Waals surface area contributed by atoms with Crippen molar-refractivity contribution in [3.8, 4) is 0 Å². The maximum atomic E-state index is 11.8. The third kappa shape index (κ3) is 6.48. The molecule has 0 aliphatic heterocycles. The predicted molar refractivity (Wildman–Crippen MR) is 90.6 cm³/mol. The molecular formula is C18H26N2O4. The monoisotopic (exact) mass is 334 g/mol. The minimum atomic E-state index is -0.512. The molecule has 2 rings (SSSR count). The highest BCUT2D eigenvalue weighted by atomic mass is 16.6. The maximum absolute atomic E-state index is 11.8. The molecule has 0 spiro atoms. The van der Waals surface area contributed by atoms with Gasteiger partial charge in [-0.1, -0.05) is 30.3 Å². The highest BCUT2D eigenvalue weighted by molar-refractivity contribution is 5.69. The van der Waals surface area contributed by atoms with Gasteiger partial charge in [0.05, 0.1) is 0 Å². The number of nitrogens with one attached hydrogen (secondary N) is 2. The summed E-state index contributed by atoms with van der Waals surface area (Å²) in [5.41, 5.74) is 0.435. The van der Waals surface area contributed by atoms with Crippen LogP contribution in [0.15, 0.2) is 30.3 Å². The van der Waals surface area contributed by atoms with Crippen LogP contribution in [0, 0.1) is 0 Å². The molecule has 6 heteroatoms. The largest absolute Gasteiger partial charge is 0.445 e. The van der Waals surface area contributed by atoms with Crippen molar-refractivity contribution in [1.29, 1.82) is 0 Å². The average molecular weight is 334 g/mol. The summed E-state index contributed by atoms with van der Waals surface area (Å²) in [4.78, 5) is 23.6. The molecule has 132 valence electrons. The van der Waals surface area contributed by atoms with Crippen LogP contribution in [0.4, 0.5) is 9.59 Å². The molecule has 0 saturated heterocycles. The summed E-state index contributed by atoms with van der Waals surface area (Å²) >= 11 is 0. The Morgan fingerprint density at radius 3 is 2.21 bits per heavy atom. The number of rotatable bonds is 4. The van der Waals surface area contributed by atoms with Gasteiger partial charge in [-0.05, 0) is 45.6 Å². The number of carbonyl (C=O) groups excluding carboxylic acids is 2. The first-order chi connectivity index (χ1) is 11.3. The number of carbonyl (C=O) groups is 2. The SMILES string of the molecule is CC(C)(C)OC(=O)N[C@@H]1CC[C@H](NC(=O)OCc2ccccc2)C1. The van der Waals surface area contributed by atoms with Gasteiger partial charge in [0.1, 0.15) is 12.2 Å². The van der Waals surface area contributed by atoms with Crippen molar-refractivity contribution in [2.75, 3.05) is 0 Å². The van der Waals surface area contributed by atoms with Crippen molar-refractivity contribution in [1.82, 2.24) is 10.6 Å². The maximum Gasteiger partial charge on any atom is 0.407 e. The van der Waals surface area contributed by atoms with Crippen molar-refractivity contribution < 1.29 is 19.1 Å². The van der Waals surface area contributed by atoms with Crippen LogP contribution in [0.3, 0.4) is 0 Å². The quantitative estimate of drug-likeness (QED) is 0.885. The lowest BCUT2D eigenvalue weighted by Crippen LogP contribution is -2.39. The van der Waals surface area contributed by atoms with Gasteiger partial charge in [0.2, 0.25) is 0 Å². The Kier molecular flexibility index (Phi) is 6.06. The molecule has 1 aromatic carbocycles. The van der Waals surface area contributed by atoms with Crippen molar-refractivity contribution >= 4 is 12.2 Å². The highest BCUT2D eigenvalue weighted by Crippen LogP contribution is 2.20. The van der Waals surface area contributed by atoms with Gasteiger partial charge >= 0.3 is 12.2 Å². The van der Waals surface area contributed by atoms with Crippen LogP contribution in [0.5, 0.6) is 0 Å². The first-order valence-electron chi connectivity index (χ1n) is 8.28. The summed E-state index contributed by atoms with van der Waals surface area (Å²) in [6, 6.07) is 9.56. The Hall–Kier alpha value is -2.24. The van der Waals surface area contributed by atoms with Crippen LogP contribution < -0.4 is 10.6 Å². The van der Waals surface area contributed by atoms with E-state index in [0.717, 1.165) is 18.4 Å². The van der Waals surface area contributed by atoms with E-state index in [2.05, 4.69) is 10.6 Å². The Labute approximate surface area is 142 Å². The molecule has 0 radical (unpaired) electrons. The lowest BCUT2D eigenvalue weighted by atomic mass is 10.2. The van der Waals surface area contributed by atoms with Crippen molar-refractivity contribution in [2.45, 2.75) is 64.3 Å². The number of hydrogen-bond donors (Lipinski definition) is 2. The molecular weight excluding hydrogens is 308 g/mol. The first-order valence-corrected chi connectivity index (χ1v) is 8.28. The predicted octanol–water partition coefficient (Wildman–Crippen LogP) is 3.36. The number of alkyl carbamates (subject to hydrolysis) is 2. The second kappa shape index (κ2) is 8.04. The average Bonchev–Trinajstić information content (AvgIpc) is 2.91. The Bertz CT molecular complexity index is 554. The molecule has 2 amide bonds. The van der Waals surface area contributed by atoms with Gasteiger partial charge in [0.25, 0.3) is 0 Å². The van der Waals surface area contributed by atoms with Gasteiger partial charge in [-0.25, -0.2) is 9.59 Å². The summed E-state index contributed by atoms with van der Waals surface area (Å²) in [7, 11) is 0. The Balaban J connectivity index is 1.67. The number of hydrogen-bond acceptors (Lipinski definition) is 4. The van der Waals surface area contributed by atoms with Crippen molar-refractivity contribution in [3.63, 3.8) is 0 Å². The Morgan fingerprint density at radius 2 is 1.62 bits per heavy atom. The van der Waals surface area contributed by atoms with Crippen molar-refractivity contribution in [2.24, 2.45) is 0 Å². The first kappa shape index (κ1) is 18.1. The van der Waals surface area contributed by atoms with Gasteiger partial charge in [0.15, 0.2) is 0 Å². The third-order valence-electron chi connectivity index (χ3n) is 3.69. The second-order valence-electron chi connectivity index (χ2n) is 7.06. The minimum absolute atomic E-state index is 0.00760. The van der Waals surface area contributed by atoms with E-state index in [1.165, 1.54) is 0 Å². The molecule has 2 N–H and O–H groups in total. The van der Waals surface area contributed by atoms with E-state index >= 15 is 0 Å². The zero-order valence-corrected chi connectivity index (χ0v) is 14.5. The van der Waals surface area contributed by atoms with Crippen LogP contribution in [0.1, 0.15) is 45.6 Å². The summed E-state index contributed by atoms with van der Waals surface area (Å²) in [5, 5.41) is 5.69. The molecule has 0 aromatic heterocycles. The van der Waals surface area contributed by atoms with E-state index in [4.69, 9.17) is 9.47 Å². The molecule has 6 nitrogen and oxygen atoms in total. The standard InChI is InChI=1S/C18H26N2O4/c1-18(2,3)24-17(22)20-15-10-9-14(11-15)19-16(21)23-12-13-7-5-4-6-8-13/h4-8,14-15H,9-12H2,1-3H3,(H,19,21)(H,20,22)/t14-,15+/m0/s1. The normalized spacial score (nSPS) is 20.3. The molecule has 1 aliphatic carbocycles. The fourth-order valence-corrected chi connectivity index (χ4v) is 2.65. The van der Waals surface area contributed by atoms with E-state index in [-0.39, 0.29) is 18.7 Å². The van der Waals surface area contributed by atoms with Crippen LogP contribution in [0.25, 0.3) is 0 Å². The van der Waals surface area contributed by atoms with Crippen LogP contribution in [-0.2, 0) is 16.1 Å². The lowest BCUT2D eigenvalue weighted by molar-refractivity contribution is 0.0505. The van der Waals surface area contributed by atoms with Crippen LogP contribution in [0.2, 0.25) is 0 Å². The third-order valence-corrected chi connectivity index (χ3v) is 3.69. The fourth-order valence-electron chi connectivity index (χ4n) is 2.65. The summed E-state index contributed by atoms with van der Waals surface area (Å²) in [6.45, 7) is 5.73. The molecule has 0 heterocycles. The zero-order chi connectivity index (χ0) is 17.6. The minimum Gasteiger partial charge on any atom is -0.445 e. The molecule has 1 saturated carbocycles. The summed E-state index contributed by atoms with van der Waals surface area (Å²) < 4.78 is 10.5.